The molecular weight excluding hydrogens is 1200 g/mol. The third kappa shape index (κ3) is 18.5. The molecule has 6 aliphatic rings. The van der Waals surface area contributed by atoms with E-state index in [1.54, 1.807) is 0 Å². The molecule has 85 heavy (non-hydrogen) atoms. The van der Waals surface area contributed by atoms with Crippen molar-refractivity contribution in [2.24, 2.45) is 29.6 Å². The Kier molecular flexibility index (Phi) is 26.3. The summed E-state index contributed by atoms with van der Waals surface area (Å²) in [4.78, 5) is 24.3. The molecule has 0 saturated carbocycles. The molecule has 0 aliphatic carbocycles. The fraction of sp³-hybridized carbons (Fsp3) is 0.915. The van der Waals surface area contributed by atoms with Crippen LogP contribution in [0.3, 0.4) is 0 Å². The summed E-state index contributed by atoms with van der Waals surface area (Å²) in [6.45, 7) is -3.92. The van der Waals surface area contributed by atoms with Gasteiger partial charge in [0, 0.05) is 36.2 Å². The van der Waals surface area contributed by atoms with Crippen molar-refractivity contribution in [3.05, 3.63) is 11.8 Å². The quantitative estimate of drug-likeness (QED) is 0.0244. The van der Waals surface area contributed by atoms with E-state index in [0.717, 1.165) is 6.08 Å². The molecule has 5 fully saturated rings. The Hall–Kier alpha value is -2.70. The van der Waals surface area contributed by atoms with Crippen molar-refractivity contribution in [1.82, 2.24) is 0 Å². The van der Waals surface area contributed by atoms with Gasteiger partial charge in [-0.25, -0.2) is 18.0 Å². The summed E-state index contributed by atoms with van der Waals surface area (Å²) in [6, 6.07) is 0. The van der Waals surface area contributed by atoms with Crippen LogP contribution in [0.1, 0.15) is 20.3 Å². The molecule has 36 nitrogen and oxygen atoms in total. The van der Waals surface area contributed by atoms with Gasteiger partial charge in [0.25, 0.3) is 0 Å². The van der Waals surface area contributed by atoms with Crippen LogP contribution in [0.4, 0.5) is 0 Å². The molecule has 6 aliphatic heterocycles. The first-order valence-corrected chi connectivity index (χ1v) is 29.6. The van der Waals surface area contributed by atoms with Crippen molar-refractivity contribution < 1.29 is 173 Å². The van der Waals surface area contributed by atoms with E-state index in [9.17, 15) is 108 Å². The number of rotatable bonds is 29. The lowest BCUT2D eigenvalue weighted by Gasteiger charge is -2.45. The molecule has 494 valence electrons. The van der Waals surface area contributed by atoms with Crippen LogP contribution in [0.5, 0.6) is 0 Å². The van der Waals surface area contributed by atoms with E-state index < -0.39 is 281 Å². The number of hydrogen-bond acceptors (Lipinski definition) is 32. The largest absolute Gasteiger partial charge is 0.479 e. The zero-order valence-corrected chi connectivity index (χ0v) is 47.2. The van der Waals surface area contributed by atoms with E-state index in [-0.39, 0.29) is 13.0 Å². The molecule has 17 N–H and O–H groups in total. The number of aliphatic carboxylic acids is 2. The van der Waals surface area contributed by atoms with Crippen molar-refractivity contribution in [2.45, 2.75) is 161 Å². The third-order valence-electron chi connectivity index (χ3n) is 15.8. The second-order valence-electron chi connectivity index (χ2n) is 21.5. The number of aliphatic hydroxyl groups is 13. The van der Waals surface area contributed by atoms with Crippen molar-refractivity contribution in [3.63, 3.8) is 0 Å². The summed E-state index contributed by atoms with van der Waals surface area (Å²) in [5, 5.41) is 159. The predicted molar refractivity (Wildman–Crippen MR) is 268 cm³/mol. The van der Waals surface area contributed by atoms with Crippen LogP contribution in [0.15, 0.2) is 11.8 Å². The second-order valence-corrected chi connectivity index (χ2v) is 23.6. The highest BCUT2D eigenvalue weighted by Crippen LogP contribution is 2.37. The highest BCUT2D eigenvalue weighted by molar-refractivity contribution is 7.81. The van der Waals surface area contributed by atoms with Crippen molar-refractivity contribution >= 4 is 32.7 Å². The standard InChI is InChI=1S/C47H78O36S2/c1-17-33(51)43(82-84(65,66)67)40(58)31(76-17)15-73-9-21-20(8-72-13-29-38(56)24(50)5-25(78-29)45(60)61)28(79-26(6-48)35(21)53)12-71-4-3-19-37(55)39(57)30(80-42(19)46(62)63)14-75-11-23-22(36(54)27(7-49)81-47(23)64)10-74-16-32-41(59)44(83-85(68,69)70)34(52)18(2)77-32/h5,17-24,26-44,47-59,64H,3-4,6-16H2,1-2H3,(H,60,61)(H,62,63)(H,65,66,67)(H,68,69,70)/t17?,18?,19-,20?,21-,22-,23?,24+,26?,27?,28+,29+,30+,31+,32+,33+,34+,35-,36-,37+,38?,39?,40?,41?,42?,43+,44+,47?/m1/s1. The number of aliphatic hydroxyl groups excluding tert-OH is 13. The highest BCUT2D eigenvalue weighted by Gasteiger charge is 2.52. The van der Waals surface area contributed by atoms with Gasteiger partial charge in [-0.3, -0.25) is 9.11 Å². The Morgan fingerprint density at radius 3 is 1.36 bits per heavy atom. The molecule has 0 bridgehead atoms. The first-order chi connectivity index (χ1) is 39.9. The van der Waals surface area contributed by atoms with Gasteiger partial charge in [0.05, 0.1) is 109 Å². The number of carboxylic acid groups (broad SMARTS) is 2. The van der Waals surface area contributed by atoms with Gasteiger partial charge in [0.15, 0.2) is 18.5 Å². The number of ether oxygens (including phenoxy) is 11. The van der Waals surface area contributed by atoms with E-state index >= 15 is 0 Å². The highest BCUT2D eigenvalue weighted by atomic mass is 32.3. The minimum atomic E-state index is -5.18. The van der Waals surface area contributed by atoms with Gasteiger partial charge in [-0.2, -0.15) is 16.8 Å². The molecule has 0 amide bonds. The van der Waals surface area contributed by atoms with Crippen LogP contribution in [0.25, 0.3) is 0 Å². The Bertz CT molecular complexity index is 2370. The zero-order chi connectivity index (χ0) is 63.0. The lowest BCUT2D eigenvalue weighted by Crippen LogP contribution is -2.59. The molecule has 0 radical (unpaired) electrons. The van der Waals surface area contributed by atoms with Gasteiger partial charge in [0.1, 0.15) is 85.5 Å². The molecule has 0 aromatic rings. The fourth-order valence-electron chi connectivity index (χ4n) is 11.1. The normalized spacial score (nSPS) is 43.0. The molecule has 6 rings (SSSR count). The van der Waals surface area contributed by atoms with Gasteiger partial charge < -0.3 is 129 Å². The van der Waals surface area contributed by atoms with Gasteiger partial charge in [-0.05, 0) is 26.3 Å². The molecule has 0 aromatic carbocycles. The number of carbonyl (C=O) groups is 2. The van der Waals surface area contributed by atoms with Gasteiger partial charge in [0.2, 0.25) is 5.76 Å². The van der Waals surface area contributed by atoms with Gasteiger partial charge in [-0.15, -0.1) is 0 Å². The Balaban J connectivity index is 1.08. The summed E-state index contributed by atoms with van der Waals surface area (Å²) in [5.74, 6) is -9.68. The van der Waals surface area contributed by atoms with Crippen LogP contribution in [-0.2, 0) is 90.9 Å². The average molecular weight is 1280 g/mol. The topological polar surface area (TPSA) is 566 Å². The van der Waals surface area contributed by atoms with Crippen LogP contribution < -0.4 is 0 Å². The molecule has 12 unspecified atom stereocenters. The Morgan fingerprint density at radius 1 is 0.459 bits per heavy atom. The summed E-state index contributed by atoms with van der Waals surface area (Å²) in [6.07, 6.45) is -36.1. The minimum absolute atomic E-state index is 0.319. The Labute approximate surface area is 485 Å². The van der Waals surface area contributed by atoms with Gasteiger partial charge >= 0.3 is 32.7 Å². The third-order valence-corrected chi connectivity index (χ3v) is 16.8. The number of hydrogen-bond donors (Lipinski definition) is 17. The first kappa shape index (κ1) is 71.4. The van der Waals surface area contributed by atoms with E-state index in [1.807, 2.05) is 0 Å². The number of carboxylic acids is 2. The first-order valence-electron chi connectivity index (χ1n) is 26.9. The maximum absolute atomic E-state index is 12.7. The minimum Gasteiger partial charge on any atom is -0.479 e. The van der Waals surface area contributed by atoms with E-state index in [4.69, 9.17) is 56.7 Å². The van der Waals surface area contributed by atoms with Crippen LogP contribution >= 0.6 is 0 Å². The summed E-state index contributed by atoms with van der Waals surface area (Å²) in [7, 11) is -10.3. The molecule has 5 saturated heterocycles. The SMILES string of the molecule is CC1O[C@@H](COC[C@@H]2C(COC[C@@H]3OC(C(=O)O)[C@H](CCOC[C@@H]4OC(CO)[C@H](O)[C@H](COC[C@@H]5OC(C)[C@H](O)[C@H](OS(=O)(=O)O)C5O)C4COC[C@@H]4OC(C(=O)O)=C[C@H](O)C4O)[C@H](O)C3O)C(O)OC(CO)[C@@H]2O)C(O)[C@@H](OS(=O)(=O)O)[C@H]1O. The van der Waals surface area contributed by atoms with Crippen molar-refractivity contribution in [2.75, 3.05) is 79.3 Å². The summed E-state index contributed by atoms with van der Waals surface area (Å²) in [5.41, 5.74) is 0. The van der Waals surface area contributed by atoms with E-state index in [0.29, 0.717) is 0 Å². The maximum atomic E-state index is 12.7. The zero-order valence-electron chi connectivity index (χ0n) is 45.6. The van der Waals surface area contributed by atoms with Crippen molar-refractivity contribution in [1.29, 1.82) is 0 Å². The van der Waals surface area contributed by atoms with Gasteiger partial charge in [-0.1, -0.05) is 0 Å². The molecule has 6 heterocycles. The Morgan fingerprint density at radius 2 is 0.894 bits per heavy atom. The smallest absolute Gasteiger partial charge is 0.397 e. The molecule has 0 aromatic heterocycles. The summed E-state index contributed by atoms with van der Waals surface area (Å²) < 4.78 is 136. The predicted octanol–water partition coefficient (Wildman–Crippen LogP) is -9.21. The molecule has 28 atom stereocenters. The van der Waals surface area contributed by atoms with Crippen LogP contribution in [0.2, 0.25) is 0 Å². The van der Waals surface area contributed by atoms with Crippen LogP contribution in [-0.4, -0.2) is 334 Å². The maximum Gasteiger partial charge on any atom is 0.397 e. The summed E-state index contributed by atoms with van der Waals surface area (Å²) >= 11 is 0. The average Bonchev–Trinajstić information content (AvgIpc) is 3.17. The lowest BCUT2D eigenvalue weighted by molar-refractivity contribution is -0.275. The molecule has 38 heteroatoms. The van der Waals surface area contributed by atoms with E-state index in [2.05, 4.69) is 8.37 Å². The second kappa shape index (κ2) is 31.4. The lowest BCUT2D eigenvalue weighted by atomic mass is 9.79. The van der Waals surface area contributed by atoms with Crippen molar-refractivity contribution in [3.8, 4) is 0 Å². The fourth-order valence-corrected chi connectivity index (χ4v) is 12.1. The monoisotopic (exact) mass is 1280 g/mol. The molecular formula is C47H78O36S2. The van der Waals surface area contributed by atoms with E-state index in [1.165, 1.54) is 13.8 Å². The van der Waals surface area contributed by atoms with Crippen LogP contribution in [0, 0.1) is 29.6 Å². The molecule has 0 spiro atoms.